The smallest absolute Gasteiger partial charge is 0.164 e. The topological polar surface area (TPSA) is 65.0 Å². The third kappa shape index (κ3) is 5.62. The summed E-state index contributed by atoms with van der Waals surface area (Å²) in [7, 11) is 0. The molecule has 56 heavy (non-hydrogen) atoms. The number of nitrogens with zero attached hydrogens (tertiary/aromatic N) is 3. The highest BCUT2D eigenvalue weighted by atomic mass is 16.3. The van der Waals surface area contributed by atoms with Crippen molar-refractivity contribution in [3.8, 4) is 67.5 Å². The summed E-state index contributed by atoms with van der Waals surface area (Å²) in [6.07, 6.45) is 0. The zero-order valence-electron chi connectivity index (χ0n) is 30.1. The molecule has 3 aromatic heterocycles. The van der Waals surface area contributed by atoms with Crippen molar-refractivity contribution in [1.29, 1.82) is 0 Å². The summed E-state index contributed by atoms with van der Waals surface area (Å²) in [5.74, 6) is 1.75. The van der Waals surface area contributed by atoms with Gasteiger partial charge in [-0.15, -0.1) is 0 Å². The molecule has 8 aromatic carbocycles. The van der Waals surface area contributed by atoms with Crippen LogP contribution in [0.4, 0.5) is 0 Å². The molecule has 0 radical (unpaired) electrons. The Labute approximate surface area is 322 Å². The van der Waals surface area contributed by atoms with E-state index in [0.29, 0.717) is 17.5 Å². The number of para-hydroxylation sites is 1. The van der Waals surface area contributed by atoms with Gasteiger partial charge in [-0.25, -0.2) is 15.0 Å². The van der Waals surface area contributed by atoms with E-state index in [9.17, 15) is 0 Å². The van der Waals surface area contributed by atoms with Crippen LogP contribution in [0.15, 0.2) is 197 Å². The Kier molecular flexibility index (Phi) is 7.42. The summed E-state index contributed by atoms with van der Waals surface area (Å²) in [6, 6.07) is 64.7. The molecular formula is C51H31N3O2. The molecule has 262 valence electrons. The standard InChI is InChI=1S/C51H31N3O2/c1-3-10-32(11-4-1)34-18-20-35(21-19-34)49-52-50(54-51(53-49)40-23-26-42-41-16-7-8-17-45(41)55-48(42)31-40)39-15-9-14-36(28-39)38-22-25-43-44-29-37(33-12-5-2-6-13-33)24-27-46(44)56-47(43)30-38/h1-31H. The van der Waals surface area contributed by atoms with Gasteiger partial charge in [0.25, 0.3) is 0 Å². The van der Waals surface area contributed by atoms with E-state index in [1.165, 1.54) is 11.1 Å². The van der Waals surface area contributed by atoms with Crippen molar-refractivity contribution in [2.75, 3.05) is 0 Å². The van der Waals surface area contributed by atoms with E-state index in [2.05, 4.69) is 152 Å². The quantitative estimate of drug-likeness (QED) is 0.171. The van der Waals surface area contributed by atoms with Gasteiger partial charge in [0, 0.05) is 38.2 Å². The van der Waals surface area contributed by atoms with E-state index in [-0.39, 0.29) is 0 Å². The van der Waals surface area contributed by atoms with Gasteiger partial charge in [0.15, 0.2) is 17.5 Å². The van der Waals surface area contributed by atoms with Gasteiger partial charge in [0.1, 0.15) is 22.3 Å². The Hall–Kier alpha value is -7.63. The summed E-state index contributed by atoms with van der Waals surface area (Å²) in [6.45, 7) is 0. The summed E-state index contributed by atoms with van der Waals surface area (Å²) in [4.78, 5) is 15.2. The van der Waals surface area contributed by atoms with Crippen LogP contribution in [-0.2, 0) is 0 Å². The van der Waals surface area contributed by atoms with Crippen molar-refractivity contribution < 1.29 is 8.83 Å². The Balaban J connectivity index is 1.00. The molecule has 0 spiro atoms. The number of aromatic nitrogens is 3. The first-order valence-corrected chi connectivity index (χ1v) is 18.7. The first kappa shape index (κ1) is 31.9. The number of hydrogen-bond donors (Lipinski definition) is 0. The van der Waals surface area contributed by atoms with E-state index < -0.39 is 0 Å². The minimum Gasteiger partial charge on any atom is -0.456 e. The molecule has 11 rings (SSSR count). The predicted molar refractivity (Wildman–Crippen MR) is 227 cm³/mol. The lowest BCUT2D eigenvalue weighted by Gasteiger charge is -2.10. The zero-order valence-corrected chi connectivity index (χ0v) is 30.1. The van der Waals surface area contributed by atoms with Crippen molar-refractivity contribution >= 4 is 43.9 Å². The maximum atomic E-state index is 6.40. The molecule has 0 aliphatic carbocycles. The van der Waals surface area contributed by atoms with Gasteiger partial charge in [0.2, 0.25) is 0 Å². The van der Waals surface area contributed by atoms with Gasteiger partial charge in [-0.3, -0.25) is 0 Å². The molecule has 3 heterocycles. The number of hydrogen-bond acceptors (Lipinski definition) is 5. The van der Waals surface area contributed by atoms with Gasteiger partial charge in [0.05, 0.1) is 0 Å². The fraction of sp³-hybridized carbons (Fsp3) is 0. The highest BCUT2D eigenvalue weighted by Crippen LogP contribution is 2.37. The van der Waals surface area contributed by atoms with Crippen LogP contribution in [0.1, 0.15) is 0 Å². The molecular weight excluding hydrogens is 687 g/mol. The minimum atomic E-state index is 0.573. The van der Waals surface area contributed by atoms with Crippen LogP contribution in [0.3, 0.4) is 0 Å². The van der Waals surface area contributed by atoms with Crippen molar-refractivity contribution in [2.24, 2.45) is 0 Å². The minimum absolute atomic E-state index is 0.573. The summed E-state index contributed by atoms with van der Waals surface area (Å²) in [5, 5.41) is 4.33. The first-order chi connectivity index (χ1) is 27.7. The Morgan fingerprint density at radius 3 is 1.38 bits per heavy atom. The second-order valence-corrected chi connectivity index (χ2v) is 14.0. The average Bonchev–Trinajstić information content (AvgIpc) is 3.84. The maximum absolute atomic E-state index is 6.40. The number of fused-ring (bicyclic) bond motifs is 6. The fourth-order valence-corrected chi connectivity index (χ4v) is 7.68. The van der Waals surface area contributed by atoms with Gasteiger partial charge in [-0.2, -0.15) is 0 Å². The van der Waals surface area contributed by atoms with E-state index in [1.54, 1.807) is 0 Å². The van der Waals surface area contributed by atoms with Crippen molar-refractivity contribution in [3.05, 3.63) is 188 Å². The first-order valence-electron chi connectivity index (χ1n) is 18.7. The second kappa shape index (κ2) is 13.0. The lowest BCUT2D eigenvalue weighted by Crippen LogP contribution is -2.00. The van der Waals surface area contributed by atoms with Crippen LogP contribution < -0.4 is 0 Å². The SMILES string of the molecule is c1ccc(-c2ccc(-c3nc(-c4cccc(-c5ccc6c(c5)oc5ccc(-c7ccccc7)cc56)c4)nc(-c4ccc5c(c4)oc4ccccc45)n3)cc2)cc1. The van der Waals surface area contributed by atoms with Crippen LogP contribution in [0.25, 0.3) is 111 Å². The van der Waals surface area contributed by atoms with Crippen molar-refractivity contribution in [1.82, 2.24) is 15.0 Å². The molecule has 0 aliphatic heterocycles. The Morgan fingerprint density at radius 2 is 0.643 bits per heavy atom. The molecule has 0 bridgehead atoms. The maximum Gasteiger partial charge on any atom is 0.164 e. The molecule has 11 aromatic rings. The zero-order chi connectivity index (χ0) is 37.0. The van der Waals surface area contributed by atoms with Gasteiger partial charge < -0.3 is 8.83 Å². The third-order valence-electron chi connectivity index (χ3n) is 10.6. The second-order valence-electron chi connectivity index (χ2n) is 14.0. The summed E-state index contributed by atoms with van der Waals surface area (Å²) < 4.78 is 12.7. The predicted octanol–water partition coefficient (Wildman–Crippen LogP) is 13.7. The molecule has 0 atom stereocenters. The van der Waals surface area contributed by atoms with Crippen LogP contribution in [0, 0.1) is 0 Å². The van der Waals surface area contributed by atoms with Crippen LogP contribution in [-0.4, -0.2) is 15.0 Å². The van der Waals surface area contributed by atoms with Crippen LogP contribution in [0.2, 0.25) is 0 Å². The van der Waals surface area contributed by atoms with Crippen LogP contribution >= 0.6 is 0 Å². The van der Waals surface area contributed by atoms with Crippen molar-refractivity contribution in [2.45, 2.75) is 0 Å². The largest absolute Gasteiger partial charge is 0.456 e. The van der Waals surface area contributed by atoms with Gasteiger partial charge >= 0.3 is 0 Å². The Morgan fingerprint density at radius 1 is 0.232 bits per heavy atom. The molecule has 0 aliphatic rings. The lowest BCUT2D eigenvalue weighted by atomic mass is 10.00. The summed E-state index contributed by atoms with van der Waals surface area (Å²) in [5.41, 5.74) is 12.7. The molecule has 0 fully saturated rings. The monoisotopic (exact) mass is 717 g/mol. The van der Waals surface area contributed by atoms with E-state index in [4.69, 9.17) is 23.8 Å². The number of rotatable bonds is 6. The lowest BCUT2D eigenvalue weighted by molar-refractivity contribution is 0.668. The highest BCUT2D eigenvalue weighted by Gasteiger charge is 2.16. The number of furan rings is 2. The van der Waals surface area contributed by atoms with E-state index in [1.807, 2.05) is 36.4 Å². The molecule has 0 unspecified atom stereocenters. The molecule has 0 saturated carbocycles. The molecule has 5 heteroatoms. The Bertz CT molecular complexity index is 3240. The van der Waals surface area contributed by atoms with Crippen LogP contribution in [0.5, 0.6) is 0 Å². The number of benzene rings is 8. The normalized spacial score (nSPS) is 11.6. The fourth-order valence-electron chi connectivity index (χ4n) is 7.68. The van der Waals surface area contributed by atoms with Gasteiger partial charge in [-0.05, 0) is 81.9 Å². The molecule has 0 saturated heterocycles. The van der Waals surface area contributed by atoms with Gasteiger partial charge in [-0.1, -0.05) is 140 Å². The van der Waals surface area contributed by atoms with E-state index >= 15 is 0 Å². The molecule has 5 nitrogen and oxygen atoms in total. The summed E-state index contributed by atoms with van der Waals surface area (Å²) >= 11 is 0. The molecule has 0 N–H and O–H groups in total. The van der Waals surface area contributed by atoms with E-state index in [0.717, 1.165) is 82.8 Å². The molecule has 0 amide bonds. The average molecular weight is 718 g/mol. The highest BCUT2D eigenvalue weighted by molar-refractivity contribution is 6.08. The third-order valence-corrected chi connectivity index (χ3v) is 10.6. The van der Waals surface area contributed by atoms with Crippen molar-refractivity contribution in [3.63, 3.8) is 0 Å².